The van der Waals surface area contributed by atoms with Gasteiger partial charge in [-0.05, 0) is 38.0 Å². The molecule has 1 N–H and O–H groups in total. The van der Waals surface area contributed by atoms with E-state index in [0.717, 1.165) is 24.2 Å². The fourth-order valence-electron chi connectivity index (χ4n) is 3.36. The quantitative estimate of drug-likeness (QED) is 0.689. The van der Waals surface area contributed by atoms with Crippen molar-refractivity contribution < 1.29 is 23.1 Å². The van der Waals surface area contributed by atoms with Crippen LogP contribution in [0.1, 0.15) is 75.1 Å². The highest BCUT2D eigenvalue weighted by atomic mass is 19.4. The van der Waals surface area contributed by atoms with E-state index in [4.69, 9.17) is 0 Å². The van der Waals surface area contributed by atoms with Crippen LogP contribution in [0.15, 0.2) is 35.3 Å². The second-order valence-corrected chi connectivity index (χ2v) is 9.49. The molecule has 0 atom stereocenters. The number of aliphatic hydroxyl groups is 1. The van der Waals surface area contributed by atoms with E-state index in [-0.39, 0.29) is 16.5 Å². The first-order chi connectivity index (χ1) is 14.5. The second-order valence-electron chi connectivity index (χ2n) is 9.49. The third-order valence-corrected chi connectivity index (χ3v) is 4.94. The number of hydrogen-bond donors (Lipinski definition) is 1. The van der Waals surface area contributed by atoms with Crippen LogP contribution in [0, 0.1) is 0 Å². The monoisotopic (exact) mass is 451 g/mol. The minimum atomic E-state index is -4.60. The van der Waals surface area contributed by atoms with Crippen LogP contribution < -0.4 is 5.49 Å². The molecule has 1 amide bonds. The lowest BCUT2D eigenvalue weighted by molar-refractivity contribution is -0.137. The minimum absolute atomic E-state index is 0.176. The maximum atomic E-state index is 13.3. The van der Waals surface area contributed by atoms with Crippen molar-refractivity contribution >= 4 is 12.0 Å². The fraction of sp³-hybridized carbons (Fsp3) is 0.500. The number of hydrogen-bond acceptors (Lipinski definition) is 2. The normalized spacial score (nSPS) is 13.9. The smallest absolute Gasteiger partial charge is 0.386 e. The van der Waals surface area contributed by atoms with Crippen LogP contribution in [0.3, 0.4) is 0 Å². The van der Waals surface area contributed by atoms with Crippen molar-refractivity contribution in [3.05, 3.63) is 58.2 Å². The molecule has 0 saturated heterocycles. The maximum absolute atomic E-state index is 13.3. The standard InChI is InChI=1S/C24H32F3N3O2/c1-8-13-30-20(15-19(29(30)7)22(2,3)4)28-21(31)18-14-17(24(25,26)27)10-9-16(18)11-12-23(5,6)32/h9-12,14-15,32H,8,13H2,1-7H3. The molecule has 0 radical (unpaired) electrons. The molecular formula is C24H32F3N3O2. The highest BCUT2D eigenvalue weighted by Gasteiger charge is 2.31. The van der Waals surface area contributed by atoms with Gasteiger partial charge in [0.15, 0.2) is 5.49 Å². The first-order valence-electron chi connectivity index (χ1n) is 10.5. The number of halogens is 3. The van der Waals surface area contributed by atoms with Crippen LogP contribution in [0.25, 0.3) is 6.08 Å². The van der Waals surface area contributed by atoms with E-state index in [1.165, 1.54) is 32.1 Å². The number of aromatic nitrogens is 2. The topological polar surface area (TPSA) is 59.5 Å². The molecule has 0 spiro atoms. The van der Waals surface area contributed by atoms with Crippen LogP contribution in [0.4, 0.5) is 13.2 Å². The molecule has 0 bridgehead atoms. The van der Waals surface area contributed by atoms with E-state index in [9.17, 15) is 23.1 Å². The largest absolute Gasteiger partial charge is 0.416 e. The van der Waals surface area contributed by atoms with Gasteiger partial charge in [0.25, 0.3) is 5.91 Å². The highest BCUT2D eigenvalue weighted by molar-refractivity contribution is 5.98. The summed E-state index contributed by atoms with van der Waals surface area (Å²) in [6, 6.07) is 4.75. The molecule has 1 aromatic carbocycles. The molecule has 0 aliphatic heterocycles. The van der Waals surface area contributed by atoms with Crippen LogP contribution in [0.2, 0.25) is 0 Å². The molecular weight excluding hydrogens is 419 g/mol. The molecule has 0 aliphatic rings. The summed E-state index contributed by atoms with van der Waals surface area (Å²) in [6.45, 7) is 11.8. The number of benzene rings is 1. The van der Waals surface area contributed by atoms with E-state index >= 15 is 0 Å². The summed E-state index contributed by atoms with van der Waals surface area (Å²) in [5, 5.41) is 9.95. The predicted molar refractivity (Wildman–Crippen MR) is 119 cm³/mol. The van der Waals surface area contributed by atoms with Gasteiger partial charge in [0.05, 0.1) is 11.2 Å². The zero-order chi connectivity index (χ0) is 24.5. The van der Waals surface area contributed by atoms with Gasteiger partial charge in [0.1, 0.15) is 0 Å². The zero-order valence-corrected chi connectivity index (χ0v) is 19.7. The number of rotatable bonds is 5. The van der Waals surface area contributed by atoms with E-state index in [0.29, 0.717) is 12.0 Å². The first-order valence-corrected chi connectivity index (χ1v) is 10.5. The summed E-state index contributed by atoms with van der Waals surface area (Å²) >= 11 is 0. The van der Waals surface area contributed by atoms with Gasteiger partial charge in [-0.15, -0.1) is 0 Å². The van der Waals surface area contributed by atoms with Crippen LogP contribution in [0.5, 0.6) is 0 Å². The van der Waals surface area contributed by atoms with Crippen molar-refractivity contribution in [1.29, 1.82) is 0 Å². The summed E-state index contributed by atoms with van der Waals surface area (Å²) in [5.74, 6) is -0.776. The van der Waals surface area contributed by atoms with E-state index < -0.39 is 23.2 Å². The Morgan fingerprint density at radius 2 is 1.75 bits per heavy atom. The molecule has 0 saturated carbocycles. The van der Waals surface area contributed by atoms with Crippen molar-refractivity contribution in [2.75, 3.05) is 0 Å². The highest BCUT2D eigenvalue weighted by Crippen LogP contribution is 2.31. The van der Waals surface area contributed by atoms with Crippen molar-refractivity contribution in [2.45, 2.75) is 71.7 Å². The SMILES string of the molecule is CCCn1c(=NC(=O)c2cc(C(F)(F)F)ccc2C=CC(C)(C)O)cc(C(C)(C)C)n1C. The molecule has 0 fully saturated rings. The van der Waals surface area contributed by atoms with E-state index in [1.54, 1.807) is 6.07 Å². The molecule has 1 heterocycles. The van der Waals surface area contributed by atoms with Gasteiger partial charge < -0.3 is 5.11 Å². The van der Waals surface area contributed by atoms with Gasteiger partial charge in [-0.2, -0.15) is 18.2 Å². The predicted octanol–water partition coefficient (Wildman–Crippen LogP) is 5.08. The van der Waals surface area contributed by atoms with Crippen molar-refractivity contribution in [3.63, 3.8) is 0 Å². The summed E-state index contributed by atoms with van der Waals surface area (Å²) in [4.78, 5) is 17.3. The third-order valence-electron chi connectivity index (χ3n) is 4.94. The lowest BCUT2D eigenvalue weighted by Crippen LogP contribution is -2.25. The van der Waals surface area contributed by atoms with Crippen LogP contribution in [-0.2, 0) is 25.2 Å². The van der Waals surface area contributed by atoms with Gasteiger partial charge in [-0.3, -0.25) is 14.2 Å². The summed E-state index contributed by atoms with van der Waals surface area (Å²) in [5.41, 5.74) is -0.917. The average molecular weight is 452 g/mol. The Morgan fingerprint density at radius 3 is 2.25 bits per heavy atom. The van der Waals surface area contributed by atoms with E-state index in [1.807, 2.05) is 44.1 Å². The number of amides is 1. The molecule has 0 unspecified atom stereocenters. The molecule has 0 aliphatic carbocycles. The molecule has 8 heteroatoms. The van der Waals surface area contributed by atoms with Crippen molar-refractivity contribution in [2.24, 2.45) is 12.0 Å². The minimum Gasteiger partial charge on any atom is -0.386 e. The van der Waals surface area contributed by atoms with Crippen molar-refractivity contribution in [3.8, 4) is 0 Å². The Kier molecular flexibility index (Phi) is 7.29. The van der Waals surface area contributed by atoms with Crippen LogP contribution in [-0.4, -0.2) is 26.0 Å². The molecule has 32 heavy (non-hydrogen) atoms. The Morgan fingerprint density at radius 1 is 1.12 bits per heavy atom. The van der Waals surface area contributed by atoms with Gasteiger partial charge >= 0.3 is 6.18 Å². The average Bonchev–Trinajstić information content (AvgIpc) is 2.95. The van der Waals surface area contributed by atoms with Crippen LogP contribution >= 0.6 is 0 Å². The lowest BCUT2D eigenvalue weighted by Gasteiger charge is -2.20. The first kappa shape index (κ1) is 25.6. The fourth-order valence-corrected chi connectivity index (χ4v) is 3.36. The zero-order valence-electron chi connectivity index (χ0n) is 19.7. The van der Waals surface area contributed by atoms with E-state index in [2.05, 4.69) is 4.99 Å². The molecule has 2 aromatic rings. The number of alkyl halides is 3. The third kappa shape index (κ3) is 6.22. The molecule has 2 rings (SSSR count). The summed E-state index contributed by atoms with van der Waals surface area (Å²) < 4.78 is 43.7. The number of nitrogens with zero attached hydrogens (tertiary/aromatic N) is 3. The Hall–Kier alpha value is -2.61. The van der Waals surface area contributed by atoms with Gasteiger partial charge in [-0.1, -0.05) is 45.9 Å². The Bertz CT molecular complexity index is 1080. The number of carbonyl (C=O) groups excluding carboxylic acids is 1. The van der Waals surface area contributed by atoms with Gasteiger partial charge in [0, 0.05) is 36.3 Å². The maximum Gasteiger partial charge on any atom is 0.416 e. The molecule has 1 aromatic heterocycles. The molecule has 5 nitrogen and oxygen atoms in total. The Balaban J connectivity index is 2.71. The van der Waals surface area contributed by atoms with Gasteiger partial charge in [0.2, 0.25) is 0 Å². The van der Waals surface area contributed by atoms with Crippen molar-refractivity contribution in [1.82, 2.24) is 9.36 Å². The Labute approximate surface area is 186 Å². The second kappa shape index (κ2) is 9.10. The molecule has 176 valence electrons. The van der Waals surface area contributed by atoms with Gasteiger partial charge in [-0.25, -0.2) is 0 Å². The summed E-state index contributed by atoms with van der Waals surface area (Å²) in [7, 11) is 1.88. The summed E-state index contributed by atoms with van der Waals surface area (Å²) in [6.07, 6.45) is -0.938. The lowest BCUT2D eigenvalue weighted by atomic mass is 9.92. The number of carbonyl (C=O) groups is 1.